The first-order chi connectivity index (χ1) is 22.5. The number of halogens is 1. The molecule has 0 unspecified atom stereocenters. The van der Waals surface area contributed by atoms with Gasteiger partial charge in [0.1, 0.15) is 11.9 Å². The summed E-state index contributed by atoms with van der Waals surface area (Å²) in [6.07, 6.45) is 9.66. The van der Waals surface area contributed by atoms with Crippen LogP contribution in [0, 0.1) is 11.7 Å². The Kier molecular flexibility index (Phi) is 11.4. The van der Waals surface area contributed by atoms with Crippen LogP contribution in [0.2, 0.25) is 0 Å². The third-order valence-electron chi connectivity index (χ3n) is 8.86. The highest BCUT2D eigenvalue weighted by Gasteiger charge is 2.28. The van der Waals surface area contributed by atoms with Gasteiger partial charge in [-0.25, -0.2) is 4.39 Å². The number of amides is 2. The third-order valence-corrected chi connectivity index (χ3v) is 8.86. The number of hydrogen-bond donors (Lipinski definition) is 3. The van der Waals surface area contributed by atoms with Crippen LogP contribution in [0.15, 0.2) is 36.5 Å². The molecule has 1 aliphatic heterocycles. The first-order valence-electron chi connectivity index (χ1n) is 16.6. The molecule has 2 amide bonds. The zero-order chi connectivity index (χ0) is 33.5. The Balaban J connectivity index is 1.20. The number of rotatable bonds is 12. The maximum atomic E-state index is 14.9. The average Bonchev–Trinajstić information content (AvgIpc) is 3.47. The van der Waals surface area contributed by atoms with Gasteiger partial charge in [-0.2, -0.15) is 19.6 Å². The molecule has 3 N–H and O–H groups in total. The molecule has 13 heteroatoms. The number of nitrogens with one attached hydrogen (secondary N) is 3. The van der Waals surface area contributed by atoms with Crippen LogP contribution in [-0.2, 0) is 16.1 Å². The predicted molar refractivity (Wildman–Crippen MR) is 180 cm³/mol. The van der Waals surface area contributed by atoms with Crippen molar-refractivity contribution >= 4 is 29.1 Å². The molecule has 2 aliphatic rings. The highest BCUT2D eigenvalue weighted by atomic mass is 19.1. The van der Waals surface area contributed by atoms with Crippen molar-refractivity contribution < 1.29 is 18.7 Å². The Bertz CT molecular complexity index is 1560. The van der Waals surface area contributed by atoms with Crippen LogP contribution in [0.25, 0.3) is 5.65 Å². The number of aromatic nitrogens is 4. The lowest BCUT2D eigenvalue weighted by Crippen LogP contribution is -2.39. The van der Waals surface area contributed by atoms with Gasteiger partial charge in [0.25, 0.3) is 0 Å². The summed E-state index contributed by atoms with van der Waals surface area (Å²) in [6, 6.07) is 5.01. The van der Waals surface area contributed by atoms with E-state index in [9.17, 15) is 14.0 Å². The lowest BCUT2D eigenvalue weighted by atomic mass is 9.85. The van der Waals surface area contributed by atoms with E-state index in [0.717, 1.165) is 37.1 Å². The van der Waals surface area contributed by atoms with Crippen molar-refractivity contribution in [1.29, 1.82) is 0 Å². The van der Waals surface area contributed by atoms with E-state index in [0.29, 0.717) is 56.4 Å². The largest absolute Gasteiger partial charge is 0.460 e. The smallest absolute Gasteiger partial charge is 0.322 e. The molecular formula is C34H48FN9O3. The van der Waals surface area contributed by atoms with E-state index in [1.54, 1.807) is 28.9 Å². The highest BCUT2D eigenvalue weighted by Crippen LogP contribution is 2.28. The second-order valence-corrected chi connectivity index (χ2v) is 13.3. The van der Waals surface area contributed by atoms with E-state index in [1.165, 1.54) is 6.07 Å². The quantitative estimate of drug-likeness (QED) is 0.247. The molecule has 0 bridgehead atoms. The minimum absolute atomic E-state index is 0.0247. The topological polar surface area (TPSA) is 129 Å². The van der Waals surface area contributed by atoms with E-state index in [1.807, 2.05) is 25.1 Å². The molecule has 254 valence electrons. The van der Waals surface area contributed by atoms with Crippen LogP contribution in [0.3, 0.4) is 0 Å². The molecule has 0 spiro atoms. The van der Waals surface area contributed by atoms with Gasteiger partial charge in [0.05, 0.1) is 11.9 Å². The summed E-state index contributed by atoms with van der Waals surface area (Å²) in [5.74, 6) is -0.407. The molecule has 1 aromatic carbocycles. The molecule has 2 aromatic heterocycles. The van der Waals surface area contributed by atoms with Gasteiger partial charge in [-0.1, -0.05) is 26.0 Å². The number of ether oxygens (including phenoxy) is 1. The highest BCUT2D eigenvalue weighted by molar-refractivity contribution is 5.93. The number of likely N-dealkylation sites (N-methyl/N-ethyl adjacent to an activating group) is 1. The SMILES string of the molecule is CC(C)c1cnn2c(NCc3ccc(F)c(NC(=O)[C@H]4CC[C@@H](NC(=O)/C=C/CN(C)C)CC4)c3)nc(OC3CCN(C)CC3)nc12. The summed E-state index contributed by atoms with van der Waals surface area (Å²) >= 11 is 0. The Morgan fingerprint density at radius 2 is 1.85 bits per heavy atom. The average molecular weight is 650 g/mol. The maximum absolute atomic E-state index is 14.9. The van der Waals surface area contributed by atoms with E-state index in [-0.39, 0.29) is 41.5 Å². The van der Waals surface area contributed by atoms with Crippen molar-refractivity contribution in [1.82, 2.24) is 34.7 Å². The number of anilines is 2. The molecule has 3 heterocycles. The molecule has 12 nitrogen and oxygen atoms in total. The second-order valence-electron chi connectivity index (χ2n) is 13.3. The van der Waals surface area contributed by atoms with Crippen LogP contribution >= 0.6 is 0 Å². The second kappa shape index (κ2) is 15.7. The fourth-order valence-electron chi connectivity index (χ4n) is 6.02. The Morgan fingerprint density at radius 1 is 1.11 bits per heavy atom. The maximum Gasteiger partial charge on any atom is 0.322 e. The van der Waals surface area contributed by atoms with Crippen molar-refractivity contribution in [3.63, 3.8) is 0 Å². The molecule has 5 rings (SSSR count). The van der Waals surface area contributed by atoms with E-state index in [4.69, 9.17) is 9.72 Å². The molecule has 0 atom stereocenters. The number of benzene rings is 1. The minimum atomic E-state index is -0.501. The first kappa shape index (κ1) is 34.2. The van der Waals surface area contributed by atoms with Gasteiger partial charge in [0, 0.05) is 49.8 Å². The fraction of sp³-hybridized carbons (Fsp3) is 0.559. The van der Waals surface area contributed by atoms with Gasteiger partial charge in [-0.05, 0) is 83.3 Å². The number of nitrogens with zero attached hydrogens (tertiary/aromatic N) is 6. The number of carbonyl (C=O) groups is 2. The van der Waals surface area contributed by atoms with Gasteiger partial charge < -0.3 is 30.5 Å². The van der Waals surface area contributed by atoms with Crippen molar-refractivity contribution in [3.05, 3.63) is 53.5 Å². The van der Waals surface area contributed by atoms with E-state index < -0.39 is 5.82 Å². The number of carbonyl (C=O) groups excluding carboxylic acids is 2. The molecule has 1 aliphatic carbocycles. The molecule has 2 fully saturated rings. The Morgan fingerprint density at radius 3 is 2.55 bits per heavy atom. The summed E-state index contributed by atoms with van der Waals surface area (Å²) in [6.45, 7) is 7.10. The van der Waals surface area contributed by atoms with Gasteiger partial charge in [0.15, 0.2) is 5.65 Å². The molecule has 47 heavy (non-hydrogen) atoms. The third kappa shape index (κ3) is 9.25. The monoisotopic (exact) mass is 649 g/mol. The number of fused-ring (bicyclic) bond motifs is 1. The van der Waals surface area contributed by atoms with E-state index in [2.05, 4.69) is 51.8 Å². The van der Waals surface area contributed by atoms with Gasteiger partial charge >= 0.3 is 6.01 Å². The van der Waals surface area contributed by atoms with Crippen LogP contribution in [0.4, 0.5) is 16.0 Å². The fourth-order valence-corrected chi connectivity index (χ4v) is 6.02. The summed E-state index contributed by atoms with van der Waals surface area (Å²) in [5, 5.41) is 13.7. The zero-order valence-electron chi connectivity index (χ0n) is 28.1. The van der Waals surface area contributed by atoms with Crippen molar-refractivity contribution in [3.8, 4) is 6.01 Å². The summed E-state index contributed by atoms with van der Waals surface area (Å²) in [7, 11) is 5.99. The molecule has 1 saturated carbocycles. The van der Waals surface area contributed by atoms with Crippen molar-refractivity contribution in [2.24, 2.45) is 5.92 Å². The van der Waals surface area contributed by atoms with Crippen molar-refractivity contribution in [2.45, 2.75) is 77.0 Å². The lowest BCUT2D eigenvalue weighted by Gasteiger charge is -2.28. The zero-order valence-corrected chi connectivity index (χ0v) is 28.1. The lowest BCUT2D eigenvalue weighted by molar-refractivity contribution is -0.121. The number of piperidine rings is 1. The Hall–Kier alpha value is -4.10. The first-order valence-corrected chi connectivity index (χ1v) is 16.6. The molecule has 1 saturated heterocycles. The molecular weight excluding hydrogens is 601 g/mol. The standard InChI is InChI=1S/C34H48FN9O3/c1-22(2)27-21-37-44-31(27)40-34(47-26-14-17-43(5)18-15-26)41-33(44)36-20-23-8-13-28(35)29(19-23)39-32(46)24-9-11-25(12-10-24)38-30(45)7-6-16-42(3)4/h6-8,13,19,21-22,24-26H,9-12,14-18,20H2,1-5H3,(H,38,45)(H,39,46)(H,36,40,41)/b7-6+/t24-,25+. The normalized spacial score (nSPS) is 19.5. The summed E-state index contributed by atoms with van der Waals surface area (Å²) in [4.78, 5) is 39.0. The molecule has 3 aromatic rings. The number of hydrogen-bond acceptors (Lipinski definition) is 9. The molecule has 0 radical (unpaired) electrons. The summed E-state index contributed by atoms with van der Waals surface area (Å²) in [5.41, 5.74) is 2.57. The summed E-state index contributed by atoms with van der Waals surface area (Å²) < 4.78 is 22.8. The Labute approximate surface area is 276 Å². The van der Waals surface area contributed by atoms with Gasteiger partial charge in [-0.3, -0.25) is 9.59 Å². The van der Waals surface area contributed by atoms with Gasteiger partial charge in [-0.15, -0.1) is 0 Å². The van der Waals surface area contributed by atoms with Crippen LogP contribution in [0.1, 0.15) is 69.4 Å². The van der Waals surface area contributed by atoms with E-state index >= 15 is 0 Å². The van der Waals surface area contributed by atoms with Crippen LogP contribution < -0.4 is 20.7 Å². The van der Waals surface area contributed by atoms with Crippen LogP contribution in [0.5, 0.6) is 6.01 Å². The van der Waals surface area contributed by atoms with Gasteiger partial charge in [0.2, 0.25) is 17.8 Å². The predicted octanol–water partition coefficient (Wildman–Crippen LogP) is 4.20. The van der Waals surface area contributed by atoms with Crippen molar-refractivity contribution in [2.75, 3.05) is 51.4 Å². The number of likely N-dealkylation sites (tertiary alicyclic amines) is 1. The van der Waals surface area contributed by atoms with Crippen LogP contribution in [-0.4, -0.2) is 94.1 Å². The minimum Gasteiger partial charge on any atom is -0.460 e.